The molecule has 1 fully saturated rings. The maximum absolute atomic E-state index is 13.0. The fourth-order valence-electron chi connectivity index (χ4n) is 3.41. The summed E-state index contributed by atoms with van der Waals surface area (Å²) in [6.07, 6.45) is 1.33. The Bertz CT molecular complexity index is 1330. The van der Waals surface area contributed by atoms with Crippen molar-refractivity contribution in [3.63, 3.8) is 0 Å². The van der Waals surface area contributed by atoms with Gasteiger partial charge in [-0.15, -0.1) is 0 Å². The second-order valence-corrected chi connectivity index (χ2v) is 7.42. The van der Waals surface area contributed by atoms with Crippen LogP contribution >= 0.6 is 0 Å². The topological polar surface area (TPSA) is 128 Å². The Balaban J connectivity index is 1.59. The number of amides is 4. The molecular weight excluding hydrogens is 454 g/mol. The predicted molar refractivity (Wildman–Crippen MR) is 126 cm³/mol. The first kappa shape index (κ1) is 23.2. The third-order valence-electron chi connectivity index (χ3n) is 5.16. The number of rotatable bonds is 7. The summed E-state index contributed by atoms with van der Waals surface area (Å²) >= 11 is 0. The maximum Gasteiger partial charge on any atom is 0.335 e. The molecule has 3 aromatic carbocycles. The number of hydrogen-bond donors (Lipinski definition) is 1. The number of ether oxygens (including phenoxy) is 2. The SMILES string of the molecule is COc1cc(/C=C2\C(=O)NC(=O)N(c3ccc([N+](=O)[O-])cc3)C2=O)ccc1OCc1ccccc1. The predicted octanol–water partition coefficient (Wildman–Crippen LogP) is 3.85. The Kier molecular flexibility index (Phi) is 6.54. The van der Waals surface area contributed by atoms with Crippen LogP contribution in [0.25, 0.3) is 6.08 Å². The van der Waals surface area contributed by atoms with E-state index in [0.29, 0.717) is 23.7 Å². The van der Waals surface area contributed by atoms with E-state index in [9.17, 15) is 24.5 Å². The minimum Gasteiger partial charge on any atom is -0.493 e. The highest BCUT2D eigenvalue weighted by atomic mass is 16.6. The van der Waals surface area contributed by atoms with Crippen molar-refractivity contribution in [3.8, 4) is 11.5 Å². The Morgan fingerprint density at radius 2 is 1.69 bits per heavy atom. The van der Waals surface area contributed by atoms with Crippen LogP contribution in [0.2, 0.25) is 0 Å². The lowest BCUT2D eigenvalue weighted by Gasteiger charge is -2.26. The van der Waals surface area contributed by atoms with E-state index in [-0.39, 0.29) is 16.9 Å². The molecule has 0 unspecified atom stereocenters. The Labute approximate surface area is 199 Å². The van der Waals surface area contributed by atoms with E-state index in [0.717, 1.165) is 22.6 Å². The number of hydrogen-bond acceptors (Lipinski definition) is 7. The molecule has 0 aliphatic carbocycles. The van der Waals surface area contributed by atoms with Gasteiger partial charge in [-0.1, -0.05) is 36.4 Å². The summed E-state index contributed by atoms with van der Waals surface area (Å²) in [4.78, 5) is 48.8. The molecule has 35 heavy (non-hydrogen) atoms. The molecule has 3 aromatic rings. The van der Waals surface area contributed by atoms with Crippen molar-refractivity contribution in [1.29, 1.82) is 0 Å². The second kappa shape index (κ2) is 9.87. The van der Waals surface area contributed by atoms with Crippen molar-refractivity contribution in [1.82, 2.24) is 5.32 Å². The first-order chi connectivity index (χ1) is 16.9. The average Bonchev–Trinajstić information content (AvgIpc) is 2.86. The highest BCUT2D eigenvalue weighted by molar-refractivity contribution is 6.39. The quantitative estimate of drug-likeness (QED) is 0.239. The molecule has 1 N–H and O–H groups in total. The largest absolute Gasteiger partial charge is 0.493 e. The number of imide groups is 2. The zero-order chi connectivity index (χ0) is 24.9. The van der Waals surface area contributed by atoms with Gasteiger partial charge in [0.1, 0.15) is 12.2 Å². The Hall–Kier alpha value is -4.99. The van der Waals surface area contributed by atoms with Crippen LogP contribution in [0.1, 0.15) is 11.1 Å². The highest BCUT2D eigenvalue weighted by Gasteiger charge is 2.37. The summed E-state index contributed by atoms with van der Waals surface area (Å²) in [5, 5.41) is 13.0. The summed E-state index contributed by atoms with van der Waals surface area (Å²) in [7, 11) is 1.47. The zero-order valence-corrected chi connectivity index (χ0v) is 18.5. The van der Waals surface area contributed by atoms with Gasteiger partial charge >= 0.3 is 6.03 Å². The monoisotopic (exact) mass is 473 g/mol. The number of benzene rings is 3. The number of barbiturate groups is 1. The van der Waals surface area contributed by atoms with Crippen LogP contribution in [0.3, 0.4) is 0 Å². The third kappa shape index (κ3) is 5.01. The van der Waals surface area contributed by atoms with Crippen LogP contribution in [0, 0.1) is 10.1 Å². The number of non-ortho nitro benzene ring substituents is 1. The minimum absolute atomic E-state index is 0.0822. The van der Waals surface area contributed by atoms with Crippen LogP contribution < -0.4 is 19.7 Å². The highest BCUT2D eigenvalue weighted by Crippen LogP contribution is 2.31. The first-order valence-corrected chi connectivity index (χ1v) is 10.4. The van der Waals surface area contributed by atoms with Gasteiger partial charge in [-0.3, -0.25) is 25.0 Å². The number of nitro benzene ring substituents is 1. The molecule has 0 saturated carbocycles. The first-order valence-electron chi connectivity index (χ1n) is 10.4. The summed E-state index contributed by atoms with van der Waals surface area (Å²) in [6.45, 7) is 0.324. The number of methoxy groups -OCH3 is 1. The maximum atomic E-state index is 13.0. The molecule has 176 valence electrons. The summed E-state index contributed by atoms with van der Waals surface area (Å²) in [6, 6.07) is 18.3. The molecule has 1 saturated heterocycles. The number of anilines is 1. The van der Waals surface area contributed by atoms with E-state index in [1.165, 1.54) is 25.3 Å². The fourth-order valence-corrected chi connectivity index (χ4v) is 3.41. The van der Waals surface area contributed by atoms with E-state index in [2.05, 4.69) is 5.32 Å². The molecule has 0 atom stereocenters. The smallest absolute Gasteiger partial charge is 0.335 e. The van der Waals surface area contributed by atoms with Gasteiger partial charge in [0.05, 0.1) is 17.7 Å². The zero-order valence-electron chi connectivity index (χ0n) is 18.5. The van der Waals surface area contributed by atoms with Crippen molar-refractivity contribution in [3.05, 3.63) is 99.6 Å². The molecule has 0 radical (unpaired) electrons. The summed E-state index contributed by atoms with van der Waals surface area (Å²) < 4.78 is 11.2. The van der Waals surface area contributed by atoms with Crippen molar-refractivity contribution in [2.75, 3.05) is 12.0 Å². The van der Waals surface area contributed by atoms with Gasteiger partial charge in [0.2, 0.25) is 0 Å². The number of nitrogens with zero attached hydrogens (tertiary/aromatic N) is 2. The number of nitro groups is 1. The molecule has 1 aliphatic heterocycles. The molecule has 0 aromatic heterocycles. The van der Waals surface area contributed by atoms with E-state index in [4.69, 9.17) is 9.47 Å². The summed E-state index contributed by atoms with van der Waals surface area (Å²) in [5.41, 5.74) is 1.03. The van der Waals surface area contributed by atoms with Crippen LogP contribution in [0.15, 0.2) is 78.4 Å². The van der Waals surface area contributed by atoms with Gasteiger partial charge < -0.3 is 9.47 Å². The molecule has 0 bridgehead atoms. The summed E-state index contributed by atoms with van der Waals surface area (Å²) in [5.74, 6) is -0.861. The van der Waals surface area contributed by atoms with Gasteiger partial charge in [-0.25, -0.2) is 9.69 Å². The molecule has 4 rings (SSSR count). The third-order valence-corrected chi connectivity index (χ3v) is 5.16. The van der Waals surface area contributed by atoms with Crippen LogP contribution in [0.4, 0.5) is 16.2 Å². The standard InChI is InChI=1S/C25H19N3O7/c1-34-22-14-17(7-12-21(22)35-15-16-5-3-2-4-6-16)13-20-23(29)26-25(31)27(24(20)30)18-8-10-19(11-9-18)28(32)33/h2-14H,15H2,1H3,(H,26,29,31)/b20-13+. The van der Waals surface area contributed by atoms with Crippen LogP contribution in [0.5, 0.6) is 11.5 Å². The number of carbonyl (C=O) groups excluding carboxylic acids is 3. The molecule has 10 heteroatoms. The van der Waals surface area contributed by atoms with Gasteiger partial charge in [-0.2, -0.15) is 0 Å². The lowest BCUT2D eigenvalue weighted by molar-refractivity contribution is -0.384. The van der Waals surface area contributed by atoms with Crippen LogP contribution in [-0.4, -0.2) is 29.9 Å². The molecular formula is C25H19N3O7. The Morgan fingerprint density at radius 1 is 0.971 bits per heavy atom. The fraction of sp³-hybridized carbons (Fsp3) is 0.0800. The lowest BCUT2D eigenvalue weighted by atomic mass is 10.1. The molecule has 4 amide bonds. The lowest BCUT2D eigenvalue weighted by Crippen LogP contribution is -2.54. The van der Waals surface area contributed by atoms with E-state index < -0.39 is 22.8 Å². The van der Waals surface area contributed by atoms with Crippen molar-refractivity contribution < 1.29 is 28.8 Å². The van der Waals surface area contributed by atoms with Gasteiger partial charge in [0.15, 0.2) is 11.5 Å². The minimum atomic E-state index is -0.951. The molecule has 10 nitrogen and oxygen atoms in total. The number of urea groups is 1. The molecule has 1 heterocycles. The van der Waals surface area contributed by atoms with Gasteiger partial charge in [0, 0.05) is 12.1 Å². The van der Waals surface area contributed by atoms with Crippen molar-refractivity contribution in [2.24, 2.45) is 0 Å². The van der Waals surface area contributed by atoms with Crippen LogP contribution in [-0.2, 0) is 16.2 Å². The van der Waals surface area contributed by atoms with E-state index in [1.807, 2.05) is 30.3 Å². The van der Waals surface area contributed by atoms with Gasteiger partial charge in [-0.05, 0) is 41.5 Å². The Morgan fingerprint density at radius 3 is 2.34 bits per heavy atom. The number of carbonyl (C=O) groups is 3. The van der Waals surface area contributed by atoms with Crippen molar-refractivity contribution >= 4 is 35.3 Å². The van der Waals surface area contributed by atoms with E-state index >= 15 is 0 Å². The normalized spacial score (nSPS) is 14.6. The molecule has 1 aliphatic rings. The van der Waals surface area contributed by atoms with Gasteiger partial charge in [0.25, 0.3) is 17.5 Å². The average molecular weight is 473 g/mol. The van der Waals surface area contributed by atoms with E-state index in [1.54, 1.807) is 18.2 Å². The second-order valence-electron chi connectivity index (χ2n) is 7.42. The molecule has 0 spiro atoms. The van der Waals surface area contributed by atoms with Crippen molar-refractivity contribution in [2.45, 2.75) is 6.61 Å². The number of nitrogens with one attached hydrogen (secondary N) is 1.